The van der Waals surface area contributed by atoms with Crippen LogP contribution in [0.1, 0.15) is 32.6 Å². The van der Waals surface area contributed by atoms with E-state index in [4.69, 9.17) is 0 Å². The Hall–Kier alpha value is -2.02. The van der Waals surface area contributed by atoms with Crippen LogP contribution >= 0.6 is 11.8 Å². The molecule has 1 atom stereocenters. The average Bonchev–Trinajstić information content (AvgIpc) is 3.40. The fourth-order valence-corrected chi connectivity index (χ4v) is 4.51. The predicted octanol–water partition coefficient (Wildman–Crippen LogP) is 2.67. The zero-order valence-corrected chi connectivity index (χ0v) is 16.5. The Balaban J connectivity index is 1.47. The third-order valence-corrected chi connectivity index (χ3v) is 6.16. The minimum atomic E-state index is 0.0127. The van der Waals surface area contributed by atoms with Crippen LogP contribution < -0.4 is 5.32 Å². The Bertz CT molecular complexity index is 846. The first kappa shape index (κ1) is 18.3. The molecule has 2 fully saturated rings. The summed E-state index contributed by atoms with van der Waals surface area (Å²) in [6, 6.07) is 8.16. The molecule has 144 valence electrons. The first-order valence-electron chi connectivity index (χ1n) is 9.75. The maximum atomic E-state index is 12.6. The second-order valence-corrected chi connectivity index (χ2v) is 8.63. The Morgan fingerprint density at radius 3 is 2.85 bits per heavy atom. The van der Waals surface area contributed by atoms with Crippen LogP contribution in [0.3, 0.4) is 0 Å². The van der Waals surface area contributed by atoms with Crippen LogP contribution in [-0.4, -0.2) is 51.1 Å². The van der Waals surface area contributed by atoms with E-state index in [2.05, 4.69) is 17.2 Å². The number of hydrogen-bond donors (Lipinski definition) is 1. The molecule has 1 aromatic carbocycles. The predicted molar refractivity (Wildman–Crippen MR) is 107 cm³/mol. The number of thioether (sulfide) groups is 1. The van der Waals surface area contributed by atoms with Crippen molar-refractivity contribution in [2.75, 3.05) is 18.8 Å². The standard InChI is InChI=1S/C20H26N4O2S/c1-14-5-4-10-23(11-14)19(26)13-27-20-22-16-6-2-3-7-17(16)24(20)12-18(25)21-15-8-9-15/h2-3,6-7,14-15H,4-5,8-13H2,1H3,(H,21,25). The quantitative estimate of drug-likeness (QED) is 0.775. The van der Waals surface area contributed by atoms with Gasteiger partial charge in [-0.15, -0.1) is 0 Å². The van der Waals surface area contributed by atoms with E-state index in [9.17, 15) is 9.59 Å². The van der Waals surface area contributed by atoms with Gasteiger partial charge in [0.05, 0.1) is 16.8 Å². The lowest BCUT2D eigenvalue weighted by atomic mass is 10.0. The molecule has 0 radical (unpaired) electrons. The maximum absolute atomic E-state index is 12.6. The van der Waals surface area contributed by atoms with Crippen molar-refractivity contribution < 1.29 is 9.59 Å². The second-order valence-electron chi connectivity index (χ2n) is 7.69. The van der Waals surface area contributed by atoms with Crippen molar-refractivity contribution in [1.82, 2.24) is 19.8 Å². The van der Waals surface area contributed by atoms with E-state index < -0.39 is 0 Å². The van der Waals surface area contributed by atoms with Crippen molar-refractivity contribution in [1.29, 1.82) is 0 Å². The number of rotatable bonds is 6. The summed E-state index contributed by atoms with van der Waals surface area (Å²) >= 11 is 1.43. The SMILES string of the molecule is CC1CCCN(C(=O)CSc2nc3ccccc3n2CC(=O)NC2CC2)C1. The third-order valence-electron chi connectivity index (χ3n) is 5.20. The van der Waals surface area contributed by atoms with Crippen LogP contribution in [-0.2, 0) is 16.1 Å². The normalized spacial score (nSPS) is 20.0. The second kappa shape index (κ2) is 7.92. The molecule has 2 aliphatic rings. The van der Waals surface area contributed by atoms with Crippen molar-refractivity contribution in [3.05, 3.63) is 24.3 Å². The van der Waals surface area contributed by atoms with Crippen molar-refractivity contribution in [2.24, 2.45) is 5.92 Å². The number of imidazole rings is 1. The van der Waals surface area contributed by atoms with Gasteiger partial charge in [0.2, 0.25) is 11.8 Å². The molecule has 1 unspecified atom stereocenters. The number of amides is 2. The Morgan fingerprint density at radius 2 is 2.07 bits per heavy atom. The van der Waals surface area contributed by atoms with Gasteiger partial charge in [0.1, 0.15) is 6.54 Å². The summed E-state index contributed by atoms with van der Waals surface area (Å²) in [6.07, 6.45) is 4.42. The van der Waals surface area contributed by atoms with Crippen LogP contribution in [0, 0.1) is 5.92 Å². The summed E-state index contributed by atoms with van der Waals surface area (Å²) < 4.78 is 1.93. The highest BCUT2D eigenvalue weighted by Crippen LogP contribution is 2.26. The van der Waals surface area contributed by atoms with Crippen LogP contribution in [0.5, 0.6) is 0 Å². The number of likely N-dealkylation sites (tertiary alicyclic amines) is 1. The van der Waals surface area contributed by atoms with Gasteiger partial charge in [-0.25, -0.2) is 4.98 Å². The Kier molecular flexibility index (Phi) is 5.38. The first-order valence-corrected chi connectivity index (χ1v) is 10.7. The minimum Gasteiger partial charge on any atom is -0.352 e. The lowest BCUT2D eigenvalue weighted by molar-refractivity contribution is -0.130. The summed E-state index contributed by atoms with van der Waals surface area (Å²) in [6.45, 7) is 4.14. The number of fused-ring (bicyclic) bond motifs is 1. The molecule has 1 saturated carbocycles. The molecule has 7 heteroatoms. The smallest absolute Gasteiger partial charge is 0.240 e. The molecular weight excluding hydrogens is 360 g/mol. The fourth-order valence-electron chi connectivity index (χ4n) is 3.59. The number of benzene rings is 1. The molecule has 0 spiro atoms. The first-order chi connectivity index (χ1) is 13.1. The van der Waals surface area contributed by atoms with Gasteiger partial charge in [-0.05, 0) is 43.7 Å². The van der Waals surface area contributed by atoms with Gasteiger partial charge in [-0.2, -0.15) is 0 Å². The number of para-hydroxylation sites is 2. The van der Waals surface area contributed by atoms with Crippen molar-refractivity contribution >= 4 is 34.6 Å². The fraction of sp³-hybridized carbons (Fsp3) is 0.550. The van der Waals surface area contributed by atoms with Crippen LogP contribution in [0.2, 0.25) is 0 Å². The monoisotopic (exact) mass is 386 g/mol. The van der Waals surface area contributed by atoms with Gasteiger partial charge in [0, 0.05) is 19.1 Å². The summed E-state index contributed by atoms with van der Waals surface area (Å²) in [5.41, 5.74) is 1.79. The number of carbonyl (C=O) groups excluding carboxylic acids is 2. The zero-order chi connectivity index (χ0) is 18.8. The van der Waals surface area contributed by atoms with Crippen LogP contribution in [0.15, 0.2) is 29.4 Å². The van der Waals surface area contributed by atoms with E-state index in [1.165, 1.54) is 18.2 Å². The van der Waals surface area contributed by atoms with Crippen molar-refractivity contribution in [3.63, 3.8) is 0 Å². The lowest BCUT2D eigenvalue weighted by Gasteiger charge is -2.30. The molecule has 1 aliphatic carbocycles. The van der Waals surface area contributed by atoms with Gasteiger partial charge in [-0.1, -0.05) is 30.8 Å². The highest BCUT2D eigenvalue weighted by Gasteiger charge is 2.25. The van der Waals surface area contributed by atoms with Gasteiger partial charge < -0.3 is 14.8 Å². The van der Waals surface area contributed by atoms with Gasteiger partial charge in [-0.3, -0.25) is 9.59 Å². The summed E-state index contributed by atoms with van der Waals surface area (Å²) in [7, 11) is 0. The van der Waals surface area contributed by atoms with E-state index >= 15 is 0 Å². The van der Waals surface area contributed by atoms with Gasteiger partial charge >= 0.3 is 0 Å². The molecule has 1 aromatic heterocycles. The number of piperidine rings is 1. The molecule has 0 bridgehead atoms. The average molecular weight is 387 g/mol. The number of nitrogens with zero attached hydrogens (tertiary/aromatic N) is 3. The topological polar surface area (TPSA) is 67.2 Å². The highest BCUT2D eigenvalue weighted by molar-refractivity contribution is 7.99. The van der Waals surface area contributed by atoms with E-state index in [0.29, 0.717) is 17.7 Å². The Morgan fingerprint density at radius 1 is 1.26 bits per heavy atom. The largest absolute Gasteiger partial charge is 0.352 e. The highest BCUT2D eigenvalue weighted by atomic mass is 32.2. The molecule has 2 heterocycles. The molecule has 1 N–H and O–H groups in total. The summed E-state index contributed by atoms with van der Waals surface area (Å²) in [5.74, 6) is 1.11. The van der Waals surface area contributed by atoms with Gasteiger partial charge in [0.15, 0.2) is 5.16 Å². The molecule has 4 rings (SSSR count). The molecule has 27 heavy (non-hydrogen) atoms. The molecule has 2 amide bonds. The van der Waals surface area contributed by atoms with Crippen molar-refractivity contribution in [2.45, 2.75) is 50.4 Å². The van der Waals surface area contributed by atoms with Crippen molar-refractivity contribution in [3.8, 4) is 0 Å². The van der Waals surface area contributed by atoms with E-state index in [1.807, 2.05) is 33.7 Å². The number of aromatic nitrogens is 2. The third kappa shape index (κ3) is 4.46. The molecular formula is C20H26N4O2S. The Labute approximate surface area is 163 Å². The number of nitrogens with one attached hydrogen (secondary N) is 1. The minimum absolute atomic E-state index is 0.0127. The summed E-state index contributed by atoms with van der Waals surface area (Å²) in [4.78, 5) is 31.6. The molecule has 6 nitrogen and oxygen atoms in total. The molecule has 2 aromatic rings. The lowest BCUT2D eigenvalue weighted by Crippen LogP contribution is -2.40. The van der Waals surface area contributed by atoms with E-state index in [1.54, 1.807) is 0 Å². The molecule has 1 saturated heterocycles. The van der Waals surface area contributed by atoms with Crippen LogP contribution in [0.25, 0.3) is 11.0 Å². The number of carbonyl (C=O) groups is 2. The maximum Gasteiger partial charge on any atom is 0.240 e. The van der Waals surface area contributed by atoms with Gasteiger partial charge in [0.25, 0.3) is 0 Å². The number of hydrogen-bond acceptors (Lipinski definition) is 4. The summed E-state index contributed by atoms with van der Waals surface area (Å²) in [5, 5.41) is 3.77. The zero-order valence-electron chi connectivity index (χ0n) is 15.7. The molecule has 1 aliphatic heterocycles. The van der Waals surface area contributed by atoms with E-state index in [-0.39, 0.29) is 18.4 Å². The van der Waals surface area contributed by atoms with Crippen LogP contribution in [0.4, 0.5) is 0 Å². The van der Waals surface area contributed by atoms with E-state index in [0.717, 1.165) is 48.5 Å².